The number of hydrogen-bond donors (Lipinski definition) is 1. The predicted molar refractivity (Wildman–Crippen MR) is 71.9 cm³/mol. The highest BCUT2D eigenvalue weighted by molar-refractivity contribution is 9.10. The lowest BCUT2D eigenvalue weighted by Gasteiger charge is -2.13. The number of benzene rings is 1. The van der Waals surface area contributed by atoms with Crippen molar-refractivity contribution in [3.8, 4) is 5.75 Å². The summed E-state index contributed by atoms with van der Waals surface area (Å²) in [6.07, 6.45) is 2.19. The minimum atomic E-state index is -0.945. The van der Waals surface area contributed by atoms with Gasteiger partial charge in [0.05, 0.1) is 0 Å². The molecule has 1 atom stereocenters. The van der Waals surface area contributed by atoms with Crippen LogP contribution in [0, 0.1) is 11.6 Å². The van der Waals surface area contributed by atoms with Gasteiger partial charge in [-0.1, -0.05) is 29.3 Å². The molecule has 2 nitrogen and oxygen atoms in total. The third-order valence-electron chi connectivity index (χ3n) is 2.53. The third kappa shape index (κ3) is 4.90. The molecule has 1 rings (SSSR count). The van der Waals surface area contributed by atoms with Crippen LogP contribution >= 0.6 is 15.9 Å². The van der Waals surface area contributed by atoms with Crippen LogP contribution in [0.2, 0.25) is 0 Å². The molecule has 0 saturated carbocycles. The maximum Gasteiger partial charge on any atom is 0.200 e. The van der Waals surface area contributed by atoms with E-state index in [1.807, 2.05) is 0 Å². The second-order valence-corrected chi connectivity index (χ2v) is 5.11. The first kappa shape index (κ1) is 15.4. The van der Waals surface area contributed by atoms with E-state index in [0.717, 1.165) is 18.9 Å². The molecule has 5 heteroatoms. The van der Waals surface area contributed by atoms with Crippen LogP contribution in [0.3, 0.4) is 0 Å². The highest BCUT2D eigenvalue weighted by Crippen LogP contribution is 2.25. The molecular formula is C13H18BrF2NO. The Morgan fingerprint density at radius 1 is 1.39 bits per heavy atom. The Balaban J connectivity index is 2.40. The Kier molecular flexibility index (Phi) is 6.57. The molecule has 1 N–H and O–H groups in total. The molecule has 1 aromatic carbocycles. The highest BCUT2D eigenvalue weighted by Gasteiger charge is 2.11. The van der Waals surface area contributed by atoms with E-state index in [1.54, 1.807) is 0 Å². The summed E-state index contributed by atoms with van der Waals surface area (Å²) in [7, 11) is 0. The molecule has 0 aliphatic heterocycles. The molecule has 0 bridgehead atoms. The summed E-state index contributed by atoms with van der Waals surface area (Å²) in [5.74, 6) is -1.92. The normalized spacial score (nSPS) is 12.5. The standard InChI is InChI=1S/C13H18BrF2NO/c1-3-4-9(2)17-5-6-18-12-8-10(14)7-11(15)13(12)16/h7-9,17H,3-6H2,1-2H3. The van der Waals surface area contributed by atoms with Gasteiger partial charge in [-0.15, -0.1) is 0 Å². The first-order valence-corrected chi connectivity index (χ1v) is 6.84. The fourth-order valence-corrected chi connectivity index (χ4v) is 2.05. The van der Waals surface area contributed by atoms with E-state index in [4.69, 9.17) is 4.74 Å². The van der Waals surface area contributed by atoms with Crippen molar-refractivity contribution in [2.24, 2.45) is 0 Å². The van der Waals surface area contributed by atoms with Crippen LogP contribution in [-0.4, -0.2) is 19.2 Å². The fraction of sp³-hybridized carbons (Fsp3) is 0.538. The fourth-order valence-electron chi connectivity index (χ4n) is 1.64. The van der Waals surface area contributed by atoms with Gasteiger partial charge in [-0.25, -0.2) is 4.39 Å². The Bertz CT molecular complexity index is 387. The average Bonchev–Trinajstić information content (AvgIpc) is 2.31. The third-order valence-corrected chi connectivity index (χ3v) is 2.99. The van der Waals surface area contributed by atoms with Crippen LogP contribution < -0.4 is 10.1 Å². The molecule has 18 heavy (non-hydrogen) atoms. The van der Waals surface area contributed by atoms with Crippen LogP contribution in [0.1, 0.15) is 26.7 Å². The molecule has 0 aliphatic rings. The summed E-state index contributed by atoms with van der Waals surface area (Å²) < 4.78 is 32.1. The number of ether oxygens (including phenoxy) is 1. The van der Waals surface area contributed by atoms with Crippen LogP contribution in [-0.2, 0) is 0 Å². The van der Waals surface area contributed by atoms with Crippen molar-refractivity contribution in [2.45, 2.75) is 32.7 Å². The Morgan fingerprint density at radius 2 is 2.11 bits per heavy atom. The quantitative estimate of drug-likeness (QED) is 0.607. The minimum absolute atomic E-state index is 0.0631. The number of rotatable bonds is 7. The topological polar surface area (TPSA) is 21.3 Å². The number of halogens is 3. The van der Waals surface area contributed by atoms with Gasteiger partial charge in [-0.3, -0.25) is 0 Å². The molecule has 0 aliphatic carbocycles. The lowest BCUT2D eigenvalue weighted by molar-refractivity contribution is 0.286. The molecule has 0 amide bonds. The molecule has 0 fully saturated rings. The van der Waals surface area contributed by atoms with Gasteiger partial charge < -0.3 is 10.1 Å². The van der Waals surface area contributed by atoms with Gasteiger partial charge >= 0.3 is 0 Å². The molecule has 1 aromatic rings. The molecule has 1 unspecified atom stereocenters. The van der Waals surface area contributed by atoms with E-state index in [1.165, 1.54) is 6.07 Å². The van der Waals surface area contributed by atoms with E-state index in [2.05, 4.69) is 35.1 Å². The van der Waals surface area contributed by atoms with Gasteiger partial charge in [-0.2, -0.15) is 4.39 Å². The van der Waals surface area contributed by atoms with Crippen LogP contribution in [0.5, 0.6) is 5.75 Å². The van der Waals surface area contributed by atoms with Crippen molar-refractivity contribution in [3.63, 3.8) is 0 Å². The molecular weight excluding hydrogens is 304 g/mol. The Labute approximate surface area is 115 Å². The van der Waals surface area contributed by atoms with Gasteiger partial charge in [-0.05, 0) is 25.5 Å². The zero-order valence-electron chi connectivity index (χ0n) is 10.6. The molecule has 0 spiro atoms. The van der Waals surface area contributed by atoms with Gasteiger partial charge in [0.1, 0.15) is 6.61 Å². The van der Waals surface area contributed by atoms with E-state index < -0.39 is 11.6 Å². The van der Waals surface area contributed by atoms with E-state index >= 15 is 0 Å². The first-order valence-electron chi connectivity index (χ1n) is 6.05. The largest absolute Gasteiger partial charge is 0.489 e. The van der Waals surface area contributed by atoms with E-state index in [0.29, 0.717) is 23.7 Å². The highest BCUT2D eigenvalue weighted by atomic mass is 79.9. The molecule has 102 valence electrons. The number of hydrogen-bond acceptors (Lipinski definition) is 2. The molecule has 0 radical (unpaired) electrons. The lowest BCUT2D eigenvalue weighted by atomic mass is 10.2. The van der Waals surface area contributed by atoms with Crippen molar-refractivity contribution in [3.05, 3.63) is 28.2 Å². The van der Waals surface area contributed by atoms with Crippen molar-refractivity contribution in [2.75, 3.05) is 13.2 Å². The maximum atomic E-state index is 13.3. The summed E-state index contributed by atoms with van der Waals surface area (Å²) in [6.45, 7) is 5.12. The SMILES string of the molecule is CCCC(C)NCCOc1cc(Br)cc(F)c1F. The zero-order valence-corrected chi connectivity index (χ0v) is 12.2. The minimum Gasteiger partial charge on any atom is -0.489 e. The Morgan fingerprint density at radius 3 is 2.78 bits per heavy atom. The average molecular weight is 322 g/mol. The van der Waals surface area contributed by atoms with Crippen molar-refractivity contribution >= 4 is 15.9 Å². The second kappa shape index (κ2) is 7.69. The van der Waals surface area contributed by atoms with Crippen LogP contribution in [0.4, 0.5) is 8.78 Å². The van der Waals surface area contributed by atoms with E-state index in [9.17, 15) is 8.78 Å². The van der Waals surface area contributed by atoms with Gasteiger partial charge in [0.25, 0.3) is 0 Å². The summed E-state index contributed by atoms with van der Waals surface area (Å²) in [6, 6.07) is 2.90. The zero-order chi connectivity index (χ0) is 13.5. The lowest BCUT2D eigenvalue weighted by Crippen LogP contribution is -2.30. The van der Waals surface area contributed by atoms with Crippen LogP contribution in [0.25, 0.3) is 0 Å². The molecule has 0 aromatic heterocycles. The summed E-state index contributed by atoms with van der Waals surface area (Å²) in [5, 5.41) is 3.25. The van der Waals surface area contributed by atoms with Gasteiger partial charge in [0.2, 0.25) is 5.82 Å². The Hall–Kier alpha value is -0.680. The van der Waals surface area contributed by atoms with Gasteiger partial charge in [0.15, 0.2) is 11.6 Å². The summed E-state index contributed by atoms with van der Waals surface area (Å²) in [4.78, 5) is 0. The summed E-state index contributed by atoms with van der Waals surface area (Å²) >= 11 is 3.10. The second-order valence-electron chi connectivity index (χ2n) is 4.19. The van der Waals surface area contributed by atoms with Gasteiger partial charge in [0, 0.05) is 17.1 Å². The summed E-state index contributed by atoms with van der Waals surface area (Å²) in [5.41, 5.74) is 0. The number of nitrogens with one attached hydrogen (secondary N) is 1. The molecule has 0 saturated heterocycles. The smallest absolute Gasteiger partial charge is 0.200 e. The first-order chi connectivity index (χ1) is 8.54. The molecule has 0 heterocycles. The van der Waals surface area contributed by atoms with Crippen molar-refractivity contribution < 1.29 is 13.5 Å². The van der Waals surface area contributed by atoms with Crippen molar-refractivity contribution in [1.29, 1.82) is 0 Å². The predicted octanol–water partition coefficient (Wildman–Crippen LogP) is 3.88. The van der Waals surface area contributed by atoms with Crippen LogP contribution in [0.15, 0.2) is 16.6 Å². The van der Waals surface area contributed by atoms with Crippen molar-refractivity contribution in [1.82, 2.24) is 5.32 Å². The van der Waals surface area contributed by atoms with E-state index in [-0.39, 0.29) is 5.75 Å². The maximum absolute atomic E-state index is 13.3. The monoisotopic (exact) mass is 321 g/mol.